The standard InChI is InChI=1S/C20H34O4S.Na/c1-2-3-4-5-6-7-8-9-10-11-12-13-14-18-15-16-20(19(21)17-18)25(22,23)24;/h15-17,21H,2-14H2,1H3,(H,22,23,24);/q;+1/p-1. The van der Waals surface area contributed by atoms with E-state index in [1.165, 1.54) is 76.3 Å². The zero-order valence-corrected chi connectivity index (χ0v) is 19.3. The van der Waals surface area contributed by atoms with Crippen LogP contribution >= 0.6 is 0 Å². The topological polar surface area (TPSA) is 77.4 Å². The van der Waals surface area contributed by atoms with E-state index in [0.29, 0.717) is 0 Å². The summed E-state index contributed by atoms with van der Waals surface area (Å²) in [6, 6.07) is 4.14. The first-order valence-electron chi connectivity index (χ1n) is 9.72. The molecule has 26 heavy (non-hydrogen) atoms. The summed E-state index contributed by atoms with van der Waals surface area (Å²) in [6.07, 6.45) is 16.2. The molecule has 0 radical (unpaired) electrons. The van der Waals surface area contributed by atoms with Crippen molar-refractivity contribution in [2.45, 2.75) is 95.3 Å². The van der Waals surface area contributed by atoms with Crippen LogP contribution in [0.3, 0.4) is 0 Å². The summed E-state index contributed by atoms with van der Waals surface area (Å²) < 4.78 is 30.9. The van der Waals surface area contributed by atoms with Crippen LogP contribution in [-0.2, 0) is 16.5 Å². The molecule has 1 aromatic carbocycles. The van der Waals surface area contributed by atoms with Crippen LogP contribution < -0.4 is 34.7 Å². The van der Waals surface area contributed by atoms with Crippen LogP contribution in [0.1, 0.15) is 89.5 Å². The van der Waals surface area contributed by atoms with Gasteiger partial charge < -0.3 is 5.11 Å². The Balaban J connectivity index is 0.00000625. The van der Waals surface area contributed by atoms with Gasteiger partial charge in [-0.05, 0) is 24.5 Å². The fourth-order valence-electron chi connectivity index (χ4n) is 3.09. The molecule has 0 atom stereocenters. The summed E-state index contributed by atoms with van der Waals surface area (Å²) in [7, 11) is -4.41. The molecular formula is C20H33NaO4S. The van der Waals surface area contributed by atoms with Crippen molar-refractivity contribution < 1.29 is 47.6 Å². The molecule has 1 N–H and O–H groups in total. The Morgan fingerprint density at radius 2 is 1.31 bits per heavy atom. The molecule has 0 aliphatic carbocycles. The van der Waals surface area contributed by atoms with E-state index in [4.69, 9.17) is 4.55 Å². The Labute approximate surface area is 181 Å². The van der Waals surface area contributed by atoms with Crippen molar-refractivity contribution >= 4 is 10.1 Å². The van der Waals surface area contributed by atoms with Crippen molar-refractivity contribution in [3.8, 4) is 5.75 Å². The van der Waals surface area contributed by atoms with Crippen LogP contribution in [0.4, 0.5) is 0 Å². The van der Waals surface area contributed by atoms with Gasteiger partial charge in [0.05, 0.1) is 4.90 Å². The molecule has 4 nitrogen and oxygen atoms in total. The molecule has 144 valence electrons. The van der Waals surface area contributed by atoms with Gasteiger partial charge in [0.2, 0.25) is 0 Å². The summed E-state index contributed by atoms with van der Waals surface area (Å²) in [5.74, 6) is -0.626. The molecule has 6 heteroatoms. The second kappa shape index (κ2) is 14.9. The molecular weight excluding hydrogens is 359 g/mol. The van der Waals surface area contributed by atoms with Gasteiger partial charge in [0, 0.05) is 0 Å². The maximum absolute atomic E-state index is 11.7. The Morgan fingerprint density at radius 1 is 0.846 bits per heavy atom. The molecule has 0 saturated heterocycles. The maximum Gasteiger partial charge on any atom is 1.00 e. The van der Waals surface area contributed by atoms with Crippen LogP contribution in [-0.4, -0.2) is 13.0 Å². The molecule has 0 spiro atoms. The van der Waals surface area contributed by atoms with E-state index >= 15 is 0 Å². The minimum absolute atomic E-state index is 0. The average molecular weight is 393 g/mol. The van der Waals surface area contributed by atoms with Crippen molar-refractivity contribution in [3.05, 3.63) is 23.8 Å². The summed E-state index contributed by atoms with van der Waals surface area (Å²) in [4.78, 5) is -0.536. The summed E-state index contributed by atoms with van der Waals surface area (Å²) in [5, 5.41) is 11.7. The number of benzene rings is 1. The molecule has 1 aromatic rings. The van der Waals surface area contributed by atoms with Crippen molar-refractivity contribution in [2.75, 3.05) is 0 Å². The first-order chi connectivity index (χ1) is 11.9. The largest absolute Gasteiger partial charge is 1.00 e. The van der Waals surface area contributed by atoms with Gasteiger partial charge in [-0.3, -0.25) is 4.55 Å². The second-order valence-electron chi connectivity index (χ2n) is 6.90. The van der Waals surface area contributed by atoms with Crippen molar-refractivity contribution in [1.82, 2.24) is 0 Å². The zero-order valence-electron chi connectivity index (χ0n) is 16.5. The number of hydrogen-bond donors (Lipinski definition) is 1. The van der Waals surface area contributed by atoms with Gasteiger partial charge in [0.25, 0.3) is 10.1 Å². The van der Waals surface area contributed by atoms with Crippen LogP contribution in [0.15, 0.2) is 23.1 Å². The number of hydrogen-bond acceptors (Lipinski definition) is 3. The normalized spacial score (nSPS) is 11.3. The second-order valence-corrected chi connectivity index (χ2v) is 8.29. The SMILES string of the molecule is CCCCCCCCCCCCCCc1ccc(S(=O)(=O)O)c([O-])c1.[Na+]. The smallest absolute Gasteiger partial charge is 0.872 e. The molecule has 1 rings (SSSR count). The molecule has 0 fully saturated rings. The average Bonchev–Trinajstić information content (AvgIpc) is 2.54. The summed E-state index contributed by atoms with van der Waals surface area (Å²) >= 11 is 0. The van der Waals surface area contributed by atoms with Gasteiger partial charge >= 0.3 is 29.6 Å². The Kier molecular flexibility index (Phi) is 14.9. The van der Waals surface area contributed by atoms with E-state index in [2.05, 4.69) is 6.92 Å². The first kappa shape index (κ1) is 25.9. The van der Waals surface area contributed by atoms with Gasteiger partial charge in [-0.15, -0.1) is 0 Å². The molecule has 0 unspecified atom stereocenters. The molecule has 0 saturated carbocycles. The van der Waals surface area contributed by atoms with E-state index in [1.54, 1.807) is 6.07 Å². The fraction of sp³-hybridized carbons (Fsp3) is 0.700. The molecule has 0 bridgehead atoms. The summed E-state index contributed by atoms with van der Waals surface area (Å²) in [6.45, 7) is 2.24. The van der Waals surface area contributed by atoms with Gasteiger partial charge in [-0.25, -0.2) is 0 Å². The molecule has 0 heterocycles. The van der Waals surface area contributed by atoms with E-state index < -0.39 is 20.8 Å². The van der Waals surface area contributed by atoms with Crippen molar-refractivity contribution in [2.24, 2.45) is 0 Å². The first-order valence-corrected chi connectivity index (χ1v) is 11.2. The molecule has 0 aromatic heterocycles. The van der Waals surface area contributed by atoms with Gasteiger partial charge in [0.15, 0.2) is 0 Å². The predicted octanol–water partition coefficient (Wildman–Crippen LogP) is 2.25. The van der Waals surface area contributed by atoms with E-state index in [1.807, 2.05) is 0 Å². The minimum Gasteiger partial charge on any atom is -0.872 e. The van der Waals surface area contributed by atoms with Crippen LogP contribution in [0.25, 0.3) is 0 Å². The monoisotopic (exact) mass is 392 g/mol. The zero-order chi connectivity index (χ0) is 18.5. The third kappa shape index (κ3) is 11.6. The Hall–Kier alpha value is -0.0700. The minimum atomic E-state index is -4.41. The van der Waals surface area contributed by atoms with Crippen LogP contribution in [0.2, 0.25) is 0 Å². The molecule has 0 aliphatic heterocycles. The summed E-state index contributed by atoms with van der Waals surface area (Å²) in [5.41, 5.74) is 0.837. The van der Waals surface area contributed by atoms with E-state index in [-0.39, 0.29) is 29.6 Å². The van der Waals surface area contributed by atoms with Crippen molar-refractivity contribution in [1.29, 1.82) is 0 Å². The van der Waals surface area contributed by atoms with Gasteiger partial charge in [-0.2, -0.15) is 8.42 Å². The third-order valence-corrected chi connectivity index (χ3v) is 5.50. The quantitative estimate of drug-likeness (QED) is 0.299. The fourth-order valence-corrected chi connectivity index (χ4v) is 3.64. The number of unbranched alkanes of at least 4 members (excludes halogenated alkanes) is 11. The van der Waals surface area contributed by atoms with Gasteiger partial charge in [0.1, 0.15) is 0 Å². The third-order valence-electron chi connectivity index (χ3n) is 4.61. The van der Waals surface area contributed by atoms with Gasteiger partial charge in [-0.1, -0.05) is 95.4 Å². The molecule has 0 amide bonds. The predicted molar refractivity (Wildman–Crippen MR) is 100 cm³/mol. The van der Waals surface area contributed by atoms with Crippen LogP contribution in [0.5, 0.6) is 5.75 Å². The van der Waals surface area contributed by atoms with E-state index in [9.17, 15) is 13.5 Å². The van der Waals surface area contributed by atoms with E-state index in [0.717, 1.165) is 24.8 Å². The molecule has 0 aliphatic rings. The Morgan fingerprint density at radius 3 is 1.73 bits per heavy atom. The Bertz CT molecular complexity index is 587. The number of rotatable bonds is 14. The number of aryl methyl sites for hydroxylation is 1. The van der Waals surface area contributed by atoms with Crippen LogP contribution in [0, 0.1) is 0 Å². The van der Waals surface area contributed by atoms with Crippen molar-refractivity contribution in [3.63, 3.8) is 0 Å². The maximum atomic E-state index is 11.7.